The molecule has 7 atom stereocenters. The molecule has 3 aliphatic carbocycles. The van der Waals surface area contributed by atoms with Crippen molar-refractivity contribution in [2.75, 3.05) is 12.4 Å². The molecular formula is C24H34N4O2S. The van der Waals surface area contributed by atoms with Crippen LogP contribution in [0.25, 0.3) is 0 Å². The molecule has 0 aromatic carbocycles. The summed E-state index contributed by atoms with van der Waals surface area (Å²) in [5.74, 6) is 3.39. The van der Waals surface area contributed by atoms with Gasteiger partial charge in [0.15, 0.2) is 0 Å². The number of amides is 2. The maximum atomic E-state index is 12.8. The van der Waals surface area contributed by atoms with E-state index in [1.165, 1.54) is 37.2 Å². The van der Waals surface area contributed by atoms with Gasteiger partial charge < -0.3 is 10.2 Å². The minimum absolute atomic E-state index is 0.0798. The Balaban J connectivity index is 1.32. The Hall–Kier alpha value is -1.76. The Morgan fingerprint density at radius 2 is 2.03 bits per heavy atom. The van der Waals surface area contributed by atoms with Crippen LogP contribution in [-0.4, -0.2) is 39.2 Å². The van der Waals surface area contributed by atoms with E-state index in [-0.39, 0.29) is 22.6 Å². The molecule has 1 aromatic heterocycles. The van der Waals surface area contributed by atoms with Gasteiger partial charge in [-0.1, -0.05) is 19.9 Å². The normalized spacial score (nSPS) is 41.5. The molecule has 5 rings (SSSR count). The molecule has 7 heteroatoms. The van der Waals surface area contributed by atoms with Crippen molar-refractivity contribution in [2.24, 2.45) is 34.5 Å². The van der Waals surface area contributed by atoms with E-state index >= 15 is 0 Å². The van der Waals surface area contributed by atoms with E-state index in [9.17, 15) is 9.59 Å². The lowest BCUT2D eigenvalue weighted by molar-refractivity contribution is -0.139. The number of carbonyl (C=O) groups is 2. The van der Waals surface area contributed by atoms with E-state index in [0.29, 0.717) is 47.1 Å². The first-order chi connectivity index (χ1) is 14.7. The van der Waals surface area contributed by atoms with Crippen molar-refractivity contribution in [2.45, 2.75) is 71.8 Å². The Labute approximate surface area is 189 Å². The highest BCUT2D eigenvalue weighted by molar-refractivity contribution is 7.09. The second kappa shape index (κ2) is 7.39. The molecule has 168 valence electrons. The van der Waals surface area contributed by atoms with Gasteiger partial charge in [-0.2, -0.15) is 4.37 Å². The molecular weight excluding hydrogens is 408 g/mol. The van der Waals surface area contributed by atoms with Gasteiger partial charge in [0.2, 0.25) is 16.9 Å². The summed E-state index contributed by atoms with van der Waals surface area (Å²) in [4.78, 5) is 31.3. The number of nitrogens with zero attached hydrogens (tertiary/aromatic N) is 3. The number of carbonyl (C=O) groups excluding carboxylic acids is 2. The van der Waals surface area contributed by atoms with Crippen LogP contribution in [0, 0.1) is 41.4 Å². The summed E-state index contributed by atoms with van der Waals surface area (Å²) in [5.41, 5.74) is 0.316. The second-order valence-corrected chi connectivity index (χ2v) is 11.6. The maximum Gasteiger partial charge on any atom is 0.246 e. The average molecular weight is 443 g/mol. The fraction of sp³-hybridized carbons (Fsp3) is 0.750. The van der Waals surface area contributed by atoms with Crippen molar-refractivity contribution < 1.29 is 9.59 Å². The predicted molar refractivity (Wildman–Crippen MR) is 121 cm³/mol. The highest BCUT2D eigenvalue weighted by Crippen LogP contribution is 2.65. The van der Waals surface area contributed by atoms with Crippen molar-refractivity contribution in [1.29, 1.82) is 0 Å². The summed E-state index contributed by atoms with van der Waals surface area (Å²) >= 11 is 1.26. The minimum atomic E-state index is 0.0798. The standard InChI is InChI=1S/C24H34N4O2S/c1-14-25-22(31-27-14)26-20(29)13-15-5-7-17-16-6-8-19-24(3,12-10-21(30)28(19)4)18(16)9-11-23(15,17)2/h10,12,15-19H,5-9,11,13H2,1-4H3,(H,25,26,27,29)/t15-,16?,17?,18?,19?,23-,24-/m1/s1. The van der Waals surface area contributed by atoms with Crippen LogP contribution in [0.4, 0.5) is 5.13 Å². The number of likely N-dealkylation sites (N-methyl/N-ethyl adjacent to an activating group) is 1. The molecule has 0 spiro atoms. The maximum absolute atomic E-state index is 12.8. The summed E-state index contributed by atoms with van der Waals surface area (Å²) in [6.07, 6.45) is 11.7. The van der Waals surface area contributed by atoms with Gasteiger partial charge in [0, 0.05) is 36.5 Å². The fourth-order valence-corrected chi connectivity index (χ4v) is 8.52. The zero-order chi connectivity index (χ0) is 22.0. The number of anilines is 1. The summed E-state index contributed by atoms with van der Waals surface area (Å²) in [5, 5.41) is 3.58. The monoisotopic (exact) mass is 442 g/mol. The van der Waals surface area contributed by atoms with E-state index in [4.69, 9.17) is 0 Å². The van der Waals surface area contributed by atoms with Gasteiger partial charge in [0.1, 0.15) is 5.82 Å². The number of aryl methyl sites for hydroxylation is 1. The van der Waals surface area contributed by atoms with Crippen LogP contribution in [0.15, 0.2) is 12.2 Å². The van der Waals surface area contributed by atoms with Gasteiger partial charge in [-0.25, -0.2) is 4.98 Å². The fourth-order valence-electron chi connectivity index (χ4n) is 7.92. The summed E-state index contributed by atoms with van der Waals surface area (Å²) in [6, 6.07) is 0.328. The molecule has 3 saturated carbocycles. The molecule has 1 N–H and O–H groups in total. The Kier molecular flexibility index (Phi) is 5.03. The molecule has 6 nitrogen and oxygen atoms in total. The molecule has 31 heavy (non-hydrogen) atoms. The van der Waals surface area contributed by atoms with Gasteiger partial charge in [0.05, 0.1) is 0 Å². The third-order valence-electron chi connectivity index (χ3n) is 9.53. The number of fused-ring (bicyclic) bond motifs is 5. The van der Waals surface area contributed by atoms with Crippen molar-refractivity contribution >= 4 is 28.5 Å². The van der Waals surface area contributed by atoms with Crippen molar-refractivity contribution in [3.05, 3.63) is 18.0 Å². The molecule has 2 amide bonds. The first-order valence-corrected chi connectivity index (χ1v) is 12.6. The highest BCUT2D eigenvalue weighted by atomic mass is 32.1. The number of rotatable bonds is 3. The smallest absolute Gasteiger partial charge is 0.246 e. The molecule has 0 radical (unpaired) electrons. The zero-order valence-electron chi connectivity index (χ0n) is 19.1. The van der Waals surface area contributed by atoms with Gasteiger partial charge in [-0.05, 0) is 80.6 Å². The third-order valence-corrected chi connectivity index (χ3v) is 10.3. The average Bonchev–Trinajstić information content (AvgIpc) is 3.28. The van der Waals surface area contributed by atoms with Crippen molar-refractivity contribution in [3.8, 4) is 0 Å². The summed E-state index contributed by atoms with van der Waals surface area (Å²) in [6.45, 7) is 6.69. The van der Waals surface area contributed by atoms with E-state index in [1.54, 1.807) is 0 Å². The Morgan fingerprint density at radius 3 is 2.77 bits per heavy atom. The van der Waals surface area contributed by atoms with E-state index in [0.717, 1.165) is 12.8 Å². The molecule has 0 bridgehead atoms. The minimum Gasteiger partial charge on any atom is -0.338 e. The van der Waals surface area contributed by atoms with E-state index in [2.05, 4.69) is 34.6 Å². The SMILES string of the molecule is Cc1nsc(NC(=O)C[C@H]2CCC3C4CCC5N(C)C(=O)C=C[C@]5(C)C4CC[C@@]32C)n1. The van der Waals surface area contributed by atoms with Crippen LogP contribution in [0.2, 0.25) is 0 Å². The van der Waals surface area contributed by atoms with Gasteiger partial charge in [-0.15, -0.1) is 0 Å². The van der Waals surface area contributed by atoms with Crippen LogP contribution in [-0.2, 0) is 9.59 Å². The lowest BCUT2D eigenvalue weighted by Gasteiger charge is -2.60. The highest BCUT2D eigenvalue weighted by Gasteiger charge is 2.60. The summed E-state index contributed by atoms with van der Waals surface area (Å²) in [7, 11) is 1.98. The second-order valence-electron chi connectivity index (χ2n) is 10.8. The van der Waals surface area contributed by atoms with E-state index in [1.807, 2.05) is 24.9 Å². The molecule has 4 aliphatic rings. The third kappa shape index (κ3) is 3.26. The lowest BCUT2D eigenvalue weighted by Crippen LogP contribution is -2.59. The predicted octanol–water partition coefficient (Wildman–Crippen LogP) is 4.43. The van der Waals surface area contributed by atoms with Gasteiger partial charge in [0.25, 0.3) is 0 Å². The molecule has 3 fully saturated rings. The van der Waals surface area contributed by atoms with Crippen molar-refractivity contribution in [3.63, 3.8) is 0 Å². The molecule has 2 heterocycles. The van der Waals surface area contributed by atoms with E-state index < -0.39 is 0 Å². The number of hydrogen-bond donors (Lipinski definition) is 1. The van der Waals surface area contributed by atoms with Gasteiger partial charge in [-0.3, -0.25) is 9.59 Å². The Bertz CT molecular complexity index is 928. The first-order valence-electron chi connectivity index (χ1n) is 11.8. The topological polar surface area (TPSA) is 75.2 Å². The molecule has 1 aliphatic heterocycles. The number of aromatic nitrogens is 2. The van der Waals surface area contributed by atoms with Crippen LogP contribution >= 0.6 is 11.5 Å². The summed E-state index contributed by atoms with van der Waals surface area (Å²) < 4.78 is 4.16. The van der Waals surface area contributed by atoms with Crippen LogP contribution < -0.4 is 5.32 Å². The number of hydrogen-bond acceptors (Lipinski definition) is 5. The van der Waals surface area contributed by atoms with Crippen LogP contribution in [0.1, 0.15) is 64.6 Å². The van der Waals surface area contributed by atoms with Crippen LogP contribution in [0.3, 0.4) is 0 Å². The van der Waals surface area contributed by atoms with Crippen LogP contribution in [0.5, 0.6) is 0 Å². The number of nitrogens with one attached hydrogen (secondary N) is 1. The molecule has 4 unspecified atom stereocenters. The zero-order valence-corrected chi connectivity index (χ0v) is 19.9. The largest absolute Gasteiger partial charge is 0.338 e. The quantitative estimate of drug-likeness (QED) is 0.751. The lowest BCUT2D eigenvalue weighted by atomic mass is 9.47. The van der Waals surface area contributed by atoms with Gasteiger partial charge >= 0.3 is 0 Å². The van der Waals surface area contributed by atoms with Crippen molar-refractivity contribution in [1.82, 2.24) is 14.3 Å². The Morgan fingerprint density at radius 1 is 1.23 bits per heavy atom. The first kappa shape index (κ1) is 21.1. The molecule has 1 aromatic rings. The molecule has 0 saturated heterocycles.